The second-order valence-corrected chi connectivity index (χ2v) is 5.72. The molecule has 1 heterocycles. The number of benzene rings is 2. The predicted octanol–water partition coefficient (Wildman–Crippen LogP) is 4.26. The Balaban J connectivity index is 1.82. The monoisotopic (exact) mass is 342 g/mol. The van der Waals surface area contributed by atoms with Gasteiger partial charge < -0.3 is 5.32 Å². The van der Waals surface area contributed by atoms with Gasteiger partial charge in [-0.1, -0.05) is 41.9 Å². The molecule has 0 radical (unpaired) electrons. The number of anilines is 1. The number of nitrogens with zero attached hydrogens (tertiary/aromatic N) is 3. The van der Waals surface area contributed by atoms with Crippen molar-refractivity contribution in [3.63, 3.8) is 0 Å². The average Bonchev–Trinajstić information content (AvgIpc) is 2.95. The quantitative estimate of drug-likeness (QED) is 0.555. The minimum Gasteiger partial charge on any atom is -0.380 e. The molecule has 0 unspecified atom stereocenters. The summed E-state index contributed by atoms with van der Waals surface area (Å²) < 4.78 is 1.76. The van der Waals surface area contributed by atoms with Crippen LogP contribution in [0, 0.1) is 10.1 Å². The van der Waals surface area contributed by atoms with Crippen molar-refractivity contribution < 1.29 is 4.92 Å². The van der Waals surface area contributed by atoms with Crippen molar-refractivity contribution in [1.29, 1.82) is 0 Å². The van der Waals surface area contributed by atoms with E-state index in [-0.39, 0.29) is 5.69 Å². The van der Waals surface area contributed by atoms with Gasteiger partial charge >= 0.3 is 0 Å². The number of halogens is 1. The number of nitrogens with one attached hydrogen (secondary N) is 1. The standard InChI is InChI=1S/C17H15ClN4O2/c1-21-11-13(17(20-21)12-5-3-2-4-6-12)10-19-16-8-7-14(22(23)24)9-15(16)18/h2-9,11,19H,10H2,1H3. The second kappa shape index (κ2) is 6.72. The molecule has 0 atom stereocenters. The Kier molecular flexibility index (Phi) is 4.48. The Bertz CT molecular complexity index is 878. The third kappa shape index (κ3) is 3.38. The van der Waals surface area contributed by atoms with Gasteiger partial charge in [0.05, 0.1) is 21.3 Å². The van der Waals surface area contributed by atoms with E-state index in [1.54, 1.807) is 10.7 Å². The van der Waals surface area contributed by atoms with Gasteiger partial charge in [0.15, 0.2) is 0 Å². The van der Waals surface area contributed by atoms with Gasteiger partial charge in [0, 0.05) is 43.0 Å². The summed E-state index contributed by atoms with van der Waals surface area (Å²) in [6.07, 6.45) is 1.94. The van der Waals surface area contributed by atoms with E-state index in [9.17, 15) is 10.1 Å². The highest BCUT2D eigenvalue weighted by atomic mass is 35.5. The number of hydrogen-bond acceptors (Lipinski definition) is 4. The number of aromatic nitrogens is 2. The van der Waals surface area contributed by atoms with Gasteiger partial charge in [-0.05, 0) is 6.07 Å². The van der Waals surface area contributed by atoms with Crippen LogP contribution in [0.1, 0.15) is 5.56 Å². The van der Waals surface area contributed by atoms with Crippen molar-refractivity contribution in [3.05, 3.63) is 75.4 Å². The highest BCUT2D eigenvalue weighted by molar-refractivity contribution is 6.33. The van der Waals surface area contributed by atoms with E-state index >= 15 is 0 Å². The summed E-state index contributed by atoms with van der Waals surface area (Å²) in [6, 6.07) is 14.3. The maximum Gasteiger partial charge on any atom is 0.271 e. The fourth-order valence-corrected chi connectivity index (χ4v) is 2.70. The lowest BCUT2D eigenvalue weighted by Crippen LogP contribution is -2.01. The first-order valence-electron chi connectivity index (χ1n) is 7.30. The van der Waals surface area contributed by atoms with E-state index in [0.29, 0.717) is 17.3 Å². The van der Waals surface area contributed by atoms with Gasteiger partial charge in [0.1, 0.15) is 0 Å². The third-order valence-electron chi connectivity index (χ3n) is 3.58. The SMILES string of the molecule is Cn1cc(CNc2ccc([N+](=O)[O-])cc2Cl)c(-c2ccccc2)n1. The summed E-state index contributed by atoms with van der Waals surface area (Å²) in [7, 11) is 1.87. The second-order valence-electron chi connectivity index (χ2n) is 5.32. The molecule has 0 aliphatic rings. The summed E-state index contributed by atoms with van der Waals surface area (Å²) in [5.74, 6) is 0. The van der Waals surface area contributed by atoms with Crippen LogP contribution >= 0.6 is 11.6 Å². The molecule has 0 amide bonds. The third-order valence-corrected chi connectivity index (χ3v) is 3.90. The van der Waals surface area contributed by atoms with Crippen molar-refractivity contribution in [3.8, 4) is 11.3 Å². The van der Waals surface area contributed by atoms with Crippen LogP contribution in [0.4, 0.5) is 11.4 Å². The van der Waals surface area contributed by atoms with E-state index < -0.39 is 4.92 Å². The van der Waals surface area contributed by atoms with E-state index in [0.717, 1.165) is 16.8 Å². The zero-order chi connectivity index (χ0) is 17.1. The molecule has 24 heavy (non-hydrogen) atoms. The molecule has 7 heteroatoms. The van der Waals surface area contributed by atoms with Crippen LogP contribution in [0.5, 0.6) is 0 Å². The van der Waals surface area contributed by atoms with E-state index in [2.05, 4.69) is 10.4 Å². The van der Waals surface area contributed by atoms with Crippen molar-refractivity contribution >= 4 is 23.0 Å². The topological polar surface area (TPSA) is 73.0 Å². The van der Waals surface area contributed by atoms with E-state index in [1.807, 2.05) is 43.6 Å². The van der Waals surface area contributed by atoms with Crippen molar-refractivity contribution in [1.82, 2.24) is 9.78 Å². The molecular formula is C17H15ClN4O2. The summed E-state index contributed by atoms with van der Waals surface area (Å²) in [5.41, 5.74) is 3.55. The zero-order valence-electron chi connectivity index (χ0n) is 12.9. The predicted molar refractivity (Wildman–Crippen MR) is 94.1 cm³/mol. The van der Waals surface area contributed by atoms with Crippen molar-refractivity contribution in [2.75, 3.05) is 5.32 Å². The van der Waals surface area contributed by atoms with Crippen molar-refractivity contribution in [2.24, 2.45) is 7.05 Å². The highest BCUT2D eigenvalue weighted by Gasteiger charge is 2.12. The van der Waals surface area contributed by atoms with Gasteiger partial charge in [0.2, 0.25) is 0 Å². The Labute approximate surface area is 143 Å². The number of hydrogen-bond donors (Lipinski definition) is 1. The molecule has 0 saturated heterocycles. The Morgan fingerprint density at radius 2 is 2.00 bits per heavy atom. The Hall–Kier alpha value is -2.86. The first-order valence-corrected chi connectivity index (χ1v) is 7.68. The molecule has 1 aromatic heterocycles. The summed E-state index contributed by atoms with van der Waals surface area (Å²) >= 11 is 6.11. The summed E-state index contributed by atoms with van der Waals surface area (Å²) in [5, 5.41) is 18.8. The number of non-ortho nitro benzene ring substituents is 1. The van der Waals surface area contributed by atoms with Crippen LogP contribution in [-0.4, -0.2) is 14.7 Å². The van der Waals surface area contributed by atoms with Gasteiger partial charge in [-0.15, -0.1) is 0 Å². The first-order chi connectivity index (χ1) is 11.5. The molecule has 2 aromatic carbocycles. The zero-order valence-corrected chi connectivity index (χ0v) is 13.7. The minimum atomic E-state index is -0.468. The van der Waals surface area contributed by atoms with Crippen LogP contribution in [-0.2, 0) is 13.6 Å². The maximum atomic E-state index is 10.8. The number of nitro benzene ring substituents is 1. The van der Waals surface area contributed by atoms with Crippen molar-refractivity contribution in [2.45, 2.75) is 6.54 Å². The van der Waals surface area contributed by atoms with Crippen LogP contribution in [0.25, 0.3) is 11.3 Å². The number of aryl methyl sites for hydroxylation is 1. The van der Waals surface area contributed by atoms with E-state index in [1.165, 1.54) is 12.1 Å². The lowest BCUT2D eigenvalue weighted by molar-refractivity contribution is -0.384. The lowest BCUT2D eigenvalue weighted by atomic mass is 10.1. The Morgan fingerprint density at radius 1 is 1.25 bits per heavy atom. The lowest BCUT2D eigenvalue weighted by Gasteiger charge is -2.08. The van der Waals surface area contributed by atoms with Crippen LogP contribution in [0.15, 0.2) is 54.7 Å². The highest BCUT2D eigenvalue weighted by Crippen LogP contribution is 2.28. The van der Waals surface area contributed by atoms with Gasteiger partial charge in [-0.2, -0.15) is 5.10 Å². The summed E-state index contributed by atoms with van der Waals surface area (Å²) in [6.45, 7) is 0.510. The fraction of sp³-hybridized carbons (Fsp3) is 0.118. The molecule has 0 spiro atoms. The molecule has 0 bridgehead atoms. The molecule has 3 aromatic rings. The van der Waals surface area contributed by atoms with Gasteiger partial charge in [-0.3, -0.25) is 14.8 Å². The van der Waals surface area contributed by atoms with Gasteiger partial charge in [-0.25, -0.2) is 0 Å². The first kappa shape index (κ1) is 16.0. The van der Waals surface area contributed by atoms with Crippen LogP contribution in [0.2, 0.25) is 5.02 Å². The maximum absolute atomic E-state index is 10.8. The summed E-state index contributed by atoms with van der Waals surface area (Å²) in [4.78, 5) is 10.3. The largest absolute Gasteiger partial charge is 0.380 e. The molecule has 6 nitrogen and oxygen atoms in total. The smallest absolute Gasteiger partial charge is 0.271 e. The Morgan fingerprint density at radius 3 is 2.67 bits per heavy atom. The fourth-order valence-electron chi connectivity index (χ4n) is 2.46. The van der Waals surface area contributed by atoms with E-state index in [4.69, 9.17) is 11.6 Å². The molecular weight excluding hydrogens is 328 g/mol. The molecule has 0 aliphatic carbocycles. The van der Waals surface area contributed by atoms with Crippen LogP contribution in [0.3, 0.4) is 0 Å². The molecule has 0 fully saturated rings. The molecule has 0 aliphatic heterocycles. The average molecular weight is 343 g/mol. The normalized spacial score (nSPS) is 10.6. The molecule has 122 valence electrons. The number of nitro groups is 1. The number of rotatable bonds is 5. The minimum absolute atomic E-state index is 0.0306. The van der Waals surface area contributed by atoms with Crippen LogP contribution < -0.4 is 5.32 Å². The molecule has 3 rings (SSSR count). The molecule has 0 saturated carbocycles. The van der Waals surface area contributed by atoms with Gasteiger partial charge in [0.25, 0.3) is 5.69 Å². The molecule has 1 N–H and O–H groups in total.